The smallest absolute Gasteiger partial charge is 0.264 e. The molecule has 51 heavy (non-hydrogen) atoms. The molecule has 0 bridgehead atoms. The normalized spacial score (nSPS) is 20.3. The van der Waals surface area contributed by atoms with Gasteiger partial charge in [-0.25, -0.2) is 0 Å². The SMILES string of the molecule is CCCCCCCCN1C(=O)C2=CC=C3C4C2=C(C=CC4N=c2c4ccc5c6c(ccc(c(=O)n23)c64)C(=O)N(CCCCCCCC)C5=O)C1=O. The van der Waals surface area contributed by atoms with E-state index in [1.54, 1.807) is 34.9 Å². The molecule has 0 saturated heterocycles. The highest BCUT2D eigenvalue weighted by Crippen LogP contribution is 2.46. The van der Waals surface area contributed by atoms with Crippen LogP contribution in [0.3, 0.4) is 0 Å². The first-order valence-electron chi connectivity index (χ1n) is 19.0. The summed E-state index contributed by atoms with van der Waals surface area (Å²) in [5, 5.41) is 2.16. The van der Waals surface area contributed by atoms with Crippen LogP contribution in [0.4, 0.5) is 0 Å². The molecule has 9 nitrogen and oxygen atoms in total. The van der Waals surface area contributed by atoms with Gasteiger partial charge in [-0.1, -0.05) is 90.2 Å². The highest BCUT2D eigenvalue weighted by atomic mass is 16.2. The molecule has 1 aromatic heterocycles. The second kappa shape index (κ2) is 13.3. The van der Waals surface area contributed by atoms with E-state index in [2.05, 4.69) is 13.8 Å². The number of hydrogen-bond donors (Lipinski definition) is 0. The lowest BCUT2D eigenvalue weighted by Gasteiger charge is -2.41. The minimum Gasteiger partial charge on any atom is -0.274 e. The van der Waals surface area contributed by atoms with Gasteiger partial charge in [0, 0.05) is 62.6 Å². The first kappa shape index (κ1) is 33.2. The van der Waals surface area contributed by atoms with Crippen molar-refractivity contribution in [2.45, 2.75) is 96.9 Å². The van der Waals surface area contributed by atoms with Crippen LogP contribution in [0, 0.1) is 5.92 Å². The third-order valence-electron chi connectivity index (χ3n) is 11.4. The van der Waals surface area contributed by atoms with Crippen molar-refractivity contribution in [1.82, 2.24) is 14.4 Å². The third kappa shape index (κ3) is 5.18. The molecule has 262 valence electrons. The van der Waals surface area contributed by atoms with E-state index in [0.717, 1.165) is 64.2 Å². The Bertz CT molecular complexity index is 2250. The number of benzene rings is 2. The molecule has 0 N–H and O–H groups in total. The Hall–Kier alpha value is -4.92. The molecule has 3 aromatic rings. The van der Waals surface area contributed by atoms with Crippen molar-refractivity contribution in [2.24, 2.45) is 10.9 Å². The van der Waals surface area contributed by atoms with Gasteiger partial charge in [0.15, 0.2) is 0 Å². The number of carbonyl (C=O) groups excluding carboxylic acids is 4. The van der Waals surface area contributed by atoms with Crippen molar-refractivity contribution in [3.63, 3.8) is 0 Å². The predicted molar refractivity (Wildman–Crippen MR) is 197 cm³/mol. The number of pyridine rings is 1. The fourth-order valence-electron chi connectivity index (χ4n) is 8.77. The first-order valence-corrected chi connectivity index (χ1v) is 19.0. The number of fused-ring (bicyclic) bond motifs is 3. The molecular weight excluding hydrogens is 640 g/mol. The van der Waals surface area contributed by atoms with E-state index < -0.39 is 12.0 Å². The Balaban J connectivity index is 1.17. The molecule has 2 unspecified atom stereocenters. The number of hydrogen-bond acceptors (Lipinski definition) is 6. The van der Waals surface area contributed by atoms with Crippen LogP contribution in [0.1, 0.15) is 112 Å². The average Bonchev–Trinajstić information content (AvgIpc) is 3.14. The summed E-state index contributed by atoms with van der Waals surface area (Å²) in [6.07, 6.45) is 19.9. The maximum Gasteiger partial charge on any atom is 0.264 e. The molecule has 0 saturated carbocycles. The maximum atomic E-state index is 14.5. The quantitative estimate of drug-likeness (QED) is 0.137. The largest absolute Gasteiger partial charge is 0.274 e. The number of aromatic nitrogens is 1. The van der Waals surface area contributed by atoms with E-state index in [1.165, 1.54) is 22.6 Å². The van der Waals surface area contributed by atoms with Crippen molar-refractivity contribution in [3.05, 3.63) is 92.3 Å². The van der Waals surface area contributed by atoms with E-state index in [-0.39, 0.29) is 29.2 Å². The summed E-state index contributed by atoms with van der Waals surface area (Å²) in [6.45, 7) is 5.10. The summed E-state index contributed by atoms with van der Waals surface area (Å²) >= 11 is 0. The molecule has 9 heteroatoms. The number of unbranched alkanes of at least 4 members (excludes halogenated alkanes) is 10. The molecule has 0 spiro atoms. The van der Waals surface area contributed by atoms with E-state index in [0.29, 0.717) is 73.7 Å². The van der Waals surface area contributed by atoms with Gasteiger partial charge in [-0.05, 0) is 54.8 Å². The summed E-state index contributed by atoms with van der Waals surface area (Å²) < 4.78 is 1.60. The van der Waals surface area contributed by atoms with Crippen LogP contribution in [0.25, 0.3) is 27.2 Å². The van der Waals surface area contributed by atoms with E-state index in [1.807, 2.05) is 18.2 Å². The van der Waals surface area contributed by atoms with E-state index in [9.17, 15) is 24.0 Å². The maximum absolute atomic E-state index is 14.5. The van der Waals surface area contributed by atoms with Crippen LogP contribution < -0.4 is 11.0 Å². The molecule has 4 amide bonds. The molecule has 2 atom stereocenters. The average molecular weight is 685 g/mol. The van der Waals surface area contributed by atoms with Crippen LogP contribution in [-0.4, -0.2) is 57.1 Å². The van der Waals surface area contributed by atoms with Gasteiger partial charge in [-0.15, -0.1) is 0 Å². The van der Waals surface area contributed by atoms with Crippen LogP contribution in [0.15, 0.2) is 75.1 Å². The fourth-order valence-corrected chi connectivity index (χ4v) is 8.77. The number of rotatable bonds is 14. The minimum atomic E-state index is -0.463. The van der Waals surface area contributed by atoms with Gasteiger partial charge in [0.2, 0.25) is 0 Å². The lowest BCUT2D eigenvalue weighted by molar-refractivity contribution is -0.140. The van der Waals surface area contributed by atoms with Crippen molar-refractivity contribution >= 4 is 50.9 Å². The van der Waals surface area contributed by atoms with Crippen LogP contribution in [-0.2, 0) is 9.59 Å². The number of allylic oxidation sites excluding steroid dienone is 2. The number of carbonyl (C=O) groups is 4. The molecule has 4 heterocycles. The summed E-state index contributed by atoms with van der Waals surface area (Å²) in [6, 6.07) is 6.53. The molecule has 0 fully saturated rings. The highest BCUT2D eigenvalue weighted by Gasteiger charge is 2.47. The third-order valence-corrected chi connectivity index (χ3v) is 11.4. The van der Waals surface area contributed by atoms with Gasteiger partial charge in [-0.2, -0.15) is 0 Å². The Kier molecular flexibility index (Phi) is 8.68. The predicted octanol–water partition coefficient (Wildman–Crippen LogP) is 6.82. The monoisotopic (exact) mass is 684 g/mol. The molecule has 2 aliphatic carbocycles. The lowest BCUT2D eigenvalue weighted by atomic mass is 9.72. The van der Waals surface area contributed by atoms with E-state index in [4.69, 9.17) is 4.99 Å². The van der Waals surface area contributed by atoms with Crippen molar-refractivity contribution < 1.29 is 19.2 Å². The van der Waals surface area contributed by atoms with Gasteiger partial charge in [0.1, 0.15) is 5.49 Å². The summed E-state index contributed by atoms with van der Waals surface area (Å²) in [4.78, 5) is 77.5. The van der Waals surface area contributed by atoms with Crippen LogP contribution >= 0.6 is 0 Å². The summed E-state index contributed by atoms with van der Waals surface area (Å²) in [5.74, 6) is -1.70. The summed E-state index contributed by atoms with van der Waals surface area (Å²) in [5.41, 5.74) is 3.27. The Morgan fingerprint density at radius 2 is 1.22 bits per heavy atom. The lowest BCUT2D eigenvalue weighted by Crippen LogP contribution is -2.50. The van der Waals surface area contributed by atoms with Crippen molar-refractivity contribution in [3.8, 4) is 0 Å². The summed E-state index contributed by atoms with van der Waals surface area (Å²) in [7, 11) is 0. The Labute approximate surface area is 297 Å². The number of imide groups is 2. The van der Waals surface area contributed by atoms with Crippen LogP contribution in [0.5, 0.6) is 0 Å². The fraction of sp³-hybridized carbons (Fsp3) is 0.429. The van der Waals surface area contributed by atoms with Gasteiger partial charge < -0.3 is 0 Å². The highest BCUT2D eigenvalue weighted by molar-refractivity contribution is 6.30. The molecule has 0 radical (unpaired) electrons. The Morgan fingerprint density at radius 1 is 0.627 bits per heavy atom. The zero-order valence-electron chi connectivity index (χ0n) is 29.5. The molecule has 3 aliphatic heterocycles. The molecular formula is C42H44N4O5. The van der Waals surface area contributed by atoms with Gasteiger partial charge >= 0.3 is 0 Å². The molecule has 5 aliphatic rings. The van der Waals surface area contributed by atoms with Crippen LogP contribution in [0.2, 0.25) is 0 Å². The standard InChI is InChI=1S/C42H44N4O5/c1-3-5-7-9-11-13-23-44-38(47)26-16-15-25-33-30(18-17-27(34(26)33)39(44)48)42(51)46-32-22-20-29-35-28(19-21-31(36(32)35)43-37(25)46)40(49)45(41(29)50)24-14-12-10-8-6-4-2/h15-22,31,36H,3-14,23-24H2,1-2H3. The van der Waals surface area contributed by atoms with Gasteiger partial charge in [-0.3, -0.25) is 43.3 Å². The zero-order valence-corrected chi connectivity index (χ0v) is 29.5. The first-order chi connectivity index (χ1) is 24.9. The van der Waals surface area contributed by atoms with E-state index >= 15 is 0 Å². The number of amides is 4. The molecule has 2 aromatic carbocycles. The van der Waals surface area contributed by atoms with Gasteiger partial charge in [0.25, 0.3) is 29.2 Å². The minimum absolute atomic E-state index is 0.291. The second-order valence-corrected chi connectivity index (χ2v) is 14.6. The second-order valence-electron chi connectivity index (χ2n) is 14.6. The number of nitrogens with zero attached hydrogens (tertiary/aromatic N) is 4. The van der Waals surface area contributed by atoms with Crippen molar-refractivity contribution in [1.29, 1.82) is 0 Å². The topological polar surface area (TPSA) is 109 Å². The van der Waals surface area contributed by atoms with Crippen molar-refractivity contribution in [2.75, 3.05) is 13.1 Å². The van der Waals surface area contributed by atoms with Gasteiger partial charge in [0.05, 0.1) is 12.0 Å². The zero-order chi connectivity index (χ0) is 35.4. The molecule has 8 rings (SSSR count). The Morgan fingerprint density at radius 3 is 1.86 bits per heavy atom.